The molecule has 1 heterocycles. The van der Waals surface area contributed by atoms with Gasteiger partial charge in [-0.25, -0.2) is 0 Å². The van der Waals surface area contributed by atoms with Crippen molar-refractivity contribution in [2.45, 2.75) is 72.8 Å². The summed E-state index contributed by atoms with van der Waals surface area (Å²) in [6, 6.07) is 28.4. The molecule has 1 nitrogen and oxygen atoms in total. The number of hydrogen-bond donors (Lipinski definition) is 1. The fourth-order valence-corrected chi connectivity index (χ4v) is 6.98. The minimum Gasteiger partial charge on any atom is -0.313 e. The molecular weight excluding hydrogens is 446 g/mol. The third-order valence-corrected chi connectivity index (χ3v) is 8.66. The molecule has 0 radical (unpaired) electrons. The minimum atomic E-state index is -0.0949. The van der Waals surface area contributed by atoms with E-state index in [1.807, 2.05) is 0 Å². The van der Waals surface area contributed by atoms with Crippen LogP contribution in [0, 0.1) is 41.5 Å². The number of rotatable bonds is 5. The van der Waals surface area contributed by atoms with Crippen molar-refractivity contribution in [2.24, 2.45) is 0 Å². The minimum absolute atomic E-state index is 0.0949. The van der Waals surface area contributed by atoms with Gasteiger partial charge in [-0.05, 0) is 123 Å². The Morgan fingerprint density at radius 1 is 0.595 bits per heavy atom. The maximum Gasteiger partial charge on any atom is 0.0327 e. The first-order chi connectivity index (χ1) is 17.7. The van der Waals surface area contributed by atoms with E-state index in [0.29, 0.717) is 6.04 Å². The van der Waals surface area contributed by atoms with Crippen LogP contribution in [0.3, 0.4) is 0 Å². The Bertz CT molecular complexity index is 1270. The van der Waals surface area contributed by atoms with E-state index in [1.54, 1.807) is 0 Å². The molecule has 5 rings (SSSR count). The number of benzene rings is 4. The molecule has 190 valence electrons. The van der Waals surface area contributed by atoms with Crippen LogP contribution >= 0.6 is 0 Å². The van der Waals surface area contributed by atoms with Crippen LogP contribution in [0.25, 0.3) is 22.3 Å². The van der Waals surface area contributed by atoms with Gasteiger partial charge in [0.05, 0.1) is 0 Å². The summed E-state index contributed by atoms with van der Waals surface area (Å²) in [6.45, 7) is 16.8. The Morgan fingerprint density at radius 3 is 1.30 bits per heavy atom. The zero-order valence-corrected chi connectivity index (χ0v) is 23.6. The second-order valence-corrected chi connectivity index (χ2v) is 11.6. The Hall–Kier alpha value is -3.16. The van der Waals surface area contributed by atoms with Gasteiger partial charge in [-0.15, -0.1) is 0 Å². The van der Waals surface area contributed by atoms with Gasteiger partial charge >= 0.3 is 0 Å². The van der Waals surface area contributed by atoms with Gasteiger partial charge in [-0.2, -0.15) is 0 Å². The van der Waals surface area contributed by atoms with Crippen molar-refractivity contribution in [3.63, 3.8) is 0 Å². The van der Waals surface area contributed by atoms with E-state index in [4.69, 9.17) is 0 Å². The zero-order chi connectivity index (χ0) is 26.3. The molecule has 0 spiro atoms. The van der Waals surface area contributed by atoms with Gasteiger partial charge < -0.3 is 5.32 Å². The molecule has 4 aromatic rings. The van der Waals surface area contributed by atoms with Crippen LogP contribution in [0.1, 0.15) is 64.3 Å². The lowest BCUT2D eigenvalue weighted by molar-refractivity contribution is 0.407. The molecule has 4 aromatic carbocycles. The molecule has 1 N–H and O–H groups in total. The molecule has 1 aliphatic rings. The van der Waals surface area contributed by atoms with E-state index >= 15 is 0 Å². The summed E-state index contributed by atoms with van der Waals surface area (Å²) < 4.78 is 0. The fraction of sp³-hybridized carbons (Fsp3) is 0.333. The van der Waals surface area contributed by atoms with E-state index in [0.717, 1.165) is 6.54 Å². The summed E-state index contributed by atoms with van der Waals surface area (Å²) in [4.78, 5) is 0. The molecule has 37 heavy (non-hydrogen) atoms. The monoisotopic (exact) mass is 487 g/mol. The molecule has 0 aliphatic carbocycles. The van der Waals surface area contributed by atoms with Crippen LogP contribution in [-0.4, -0.2) is 12.6 Å². The second-order valence-electron chi connectivity index (χ2n) is 11.6. The number of aryl methyl sites for hydroxylation is 6. The SMILES string of the molecule is Cc1cc(C)c(-c2ccc(C(C)(c3ccc(-c4c(C)cc(C)cc4C)cc3)C3CCCN3)cc2)c(C)c1. The predicted octanol–water partition coefficient (Wildman–Crippen LogP) is 8.93. The first-order valence-electron chi connectivity index (χ1n) is 13.8. The van der Waals surface area contributed by atoms with E-state index in [9.17, 15) is 0 Å². The summed E-state index contributed by atoms with van der Waals surface area (Å²) in [6.07, 6.45) is 2.44. The van der Waals surface area contributed by atoms with Gasteiger partial charge in [-0.1, -0.05) is 83.9 Å². The first kappa shape index (κ1) is 25.5. The van der Waals surface area contributed by atoms with Gasteiger partial charge in [0.2, 0.25) is 0 Å². The largest absolute Gasteiger partial charge is 0.313 e. The quantitative estimate of drug-likeness (QED) is 0.296. The maximum atomic E-state index is 3.84. The lowest BCUT2D eigenvalue weighted by atomic mass is 9.69. The Balaban J connectivity index is 1.55. The summed E-state index contributed by atoms with van der Waals surface area (Å²) >= 11 is 0. The smallest absolute Gasteiger partial charge is 0.0327 e. The van der Waals surface area contributed by atoms with Gasteiger partial charge in [0.25, 0.3) is 0 Å². The molecule has 0 saturated carbocycles. The predicted molar refractivity (Wildman–Crippen MR) is 160 cm³/mol. The van der Waals surface area contributed by atoms with Crippen LogP contribution in [0.4, 0.5) is 0 Å². The highest BCUT2D eigenvalue weighted by molar-refractivity contribution is 5.73. The Morgan fingerprint density at radius 2 is 0.973 bits per heavy atom. The molecule has 1 aliphatic heterocycles. The molecule has 0 bridgehead atoms. The molecule has 1 fully saturated rings. The molecule has 1 atom stereocenters. The average Bonchev–Trinajstić information content (AvgIpc) is 3.39. The van der Waals surface area contributed by atoms with Gasteiger partial charge in [-0.3, -0.25) is 0 Å². The van der Waals surface area contributed by atoms with Gasteiger partial charge in [0, 0.05) is 11.5 Å². The second kappa shape index (κ2) is 9.95. The Labute approximate surface area is 224 Å². The molecule has 1 unspecified atom stereocenters. The van der Waals surface area contributed by atoms with Crippen molar-refractivity contribution in [1.82, 2.24) is 5.32 Å². The van der Waals surface area contributed by atoms with Crippen LogP contribution < -0.4 is 5.32 Å². The van der Waals surface area contributed by atoms with E-state index in [2.05, 4.69) is 127 Å². The highest BCUT2D eigenvalue weighted by atomic mass is 15.0. The molecule has 0 amide bonds. The summed E-state index contributed by atoms with van der Waals surface area (Å²) in [5, 5.41) is 3.84. The van der Waals surface area contributed by atoms with E-state index in [-0.39, 0.29) is 5.41 Å². The normalized spacial score (nSPS) is 15.8. The van der Waals surface area contributed by atoms with Gasteiger partial charge in [0.15, 0.2) is 0 Å². The van der Waals surface area contributed by atoms with Crippen LogP contribution in [0.15, 0.2) is 72.8 Å². The topological polar surface area (TPSA) is 12.0 Å². The number of nitrogens with one attached hydrogen (secondary N) is 1. The van der Waals surface area contributed by atoms with Crippen molar-refractivity contribution in [3.05, 3.63) is 117 Å². The lowest BCUT2D eigenvalue weighted by Gasteiger charge is -2.37. The summed E-state index contributed by atoms with van der Waals surface area (Å²) in [7, 11) is 0. The third-order valence-electron chi connectivity index (χ3n) is 8.66. The lowest BCUT2D eigenvalue weighted by Crippen LogP contribution is -2.43. The van der Waals surface area contributed by atoms with Crippen LogP contribution in [0.2, 0.25) is 0 Å². The highest BCUT2D eigenvalue weighted by Crippen LogP contribution is 2.41. The molecule has 1 heteroatoms. The summed E-state index contributed by atoms with van der Waals surface area (Å²) in [5.74, 6) is 0. The van der Waals surface area contributed by atoms with Crippen molar-refractivity contribution >= 4 is 0 Å². The van der Waals surface area contributed by atoms with Crippen molar-refractivity contribution in [3.8, 4) is 22.3 Å². The first-order valence-corrected chi connectivity index (χ1v) is 13.8. The molecule has 1 saturated heterocycles. The molecule has 0 aromatic heterocycles. The van der Waals surface area contributed by atoms with Crippen LogP contribution in [0.5, 0.6) is 0 Å². The van der Waals surface area contributed by atoms with Crippen molar-refractivity contribution in [1.29, 1.82) is 0 Å². The fourth-order valence-electron chi connectivity index (χ4n) is 6.98. The highest BCUT2D eigenvalue weighted by Gasteiger charge is 2.39. The third kappa shape index (κ3) is 4.66. The van der Waals surface area contributed by atoms with Gasteiger partial charge in [0.1, 0.15) is 0 Å². The standard InChI is InChI=1S/C36H41N/c1-23-19-25(3)34(26(4)20-23)29-10-14-31(15-11-29)36(7,33-9-8-18-37-33)32-16-12-30(13-17-32)35-27(5)21-24(2)22-28(35)6/h10-17,19-22,33,37H,8-9,18H2,1-7H3. The maximum absolute atomic E-state index is 3.84. The van der Waals surface area contributed by atoms with E-state index < -0.39 is 0 Å². The van der Waals surface area contributed by atoms with Crippen molar-refractivity contribution in [2.75, 3.05) is 6.54 Å². The zero-order valence-electron chi connectivity index (χ0n) is 23.6. The van der Waals surface area contributed by atoms with E-state index in [1.165, 1.54) is 79.6 Å². The van der Waals surface area contributed by atoms with Crippen LogP contribution in [-0.2, 0) is 5.41 Å². The summed E-state index contributed by atoms with van der Waals surface area (Å²) in [5.41, 5.74) is 16.1. The number of hydrogen-bond acceptors (Lipinski definition) is 1. The van der Waals surface area contributed by atoms with Crippen molar-refractivity contribution < 1.29 is 0 Å². The molecular formula is C36H41N. The average molecular weight is 488 g/mol. The Kier molecular flexibility index (Phi) is 6.86.